The van der Waals surface area contributed by atoms with Crippen LogP contribution in [0.1, 0.15) is 21.7 Å². The Morgan fingerprint density at radius 2 is 2.21 bits per heavy atom. The average molecular weight is 320 g/mol. The molecule has 2 heterocycles. The van der Waals surface area contributed by atoms with Crippen LogP contribution in [0.4, 0.5) is 0 Å². The number of carbonyl (C=O) groups is 1. The van der Waals surface area contributed by atoms with Gasteiger partial charge in [-0.25, -0.2) is 4.98 Å². The number of nitrogens with zero attached hydrogens (tertiary/aromatic N) is 3. The molecule has 1 aromatic heterocycles. The fourth-order valence-electron chi connectivity index (χ4n) is 2.36. The van der Waals surface area contributed by atoms with Crippen molar-refractivity contribution in [2.45, 2.75) is 20.0 Å². The van der Waals surface area contributed by atoms with E-state index in [9.17, 15) is 4.79 Å². The van der Waals surface area contributed by atoms with Gasteiger partial charge in [0.05, 0.1) is 6.54 Å². The lowest BCUT2D eigenvalue weighted by atomic mass is 10.1. The number of fused-ring (bicyclic) bond motifs is 1. The third-order valence-electron chi connectivity index (χ3n) is 3.53. The lowest BCUT2D eigenvalue weighted by Gasteiger charge is -2.28. The Bertz CT molecular complexity index is 635. The zero-order chi connectivity index (χ0) is 13.4. The lowest BCUT2D eigenvalue weighted by molar-refractivity contribution is 0.0706. The highest BCUT2D eigenvalue weighted by atomic mass is 79.9. The summed E-state index contributed by atoms with van der Waals surface area (Å²) in [7, 11) is 0. The van der Waals surface area contributed by atoms with Gasteiger partial charge in [-0.15, -0.1) is 0 Å². The SMILES string of the molecule is Cc1c(Br)cccc1C(=O)N1CCn2ccnc2C1. The number of rotatable bonds is 1. The fraction of sp³-hybridized carbons (Fsp3) is 0.286. The smallest absolute Gasteiger partial charge is 0.254 e. The number of benzene rings is 1. The zero-order valence-electron chi connectivity index (χ0n) is 10.6. The molecule has 19 heavy (non-hydrogen) atoms. The molecule has 4 nitrogen and oxygen atoms in total. The zero-order valence-corrected chi connectivity index (χ0v) is 12.2. The second kappa shape index (κ2) is 4.81. The van der Waals surface area contributed by atoms with Crippen molar-refractivity contribution in [3.05, 3.63) is 52.0 Å². The number of aromatic nitrogens is 2. The van der Waals surface area contributed by atoms with Crippen LogP contribution in [-0.4, -0.2) is 26.9 Å². The lowest BCUT2D eigenvalue weighted by Crippen LogP contribution is -2.38. The summed E-state index contributed by atoms with van der Waals surface area (Å²) in [6.45, 7) is 4.09. The van der Waals surface area contributed by atoms with E-state index < -0.39 is 0 Å². The Balaban J connectivity index is 1.88. The first-order chi connectivity index (χ1) is 9.16. The van der Waals surface area contributed by atoms with E-state index in [0.717, 1.165) is 34.5 Å². The maximum Gasteiger partial charge on any atom is 0.254 e. The van der Waals surface area contributed by atoms with Crippen LogP contribution in [-0.2, 0) is 13.1 Å². The summed E-state index contributed by atoms with van der Waals surface area (Å²) in [6.07, 6.45) is 3.75. The highest BCUT2D eigenvalue weighted by molar-refractivity contribution is 9.10. The maximum atomic E-state index is 12.6. The van der Waals surface area contributed by atoms with Crippen molar-refractivity contribution >= 4 is 21.8 Å². The van der Waals surface area contributed by atoms with Gasteiger partial charge in [0.25, 0.3) is 5.91 Å². The Labute approximate surface area is 120 Å². The number of amides is 1. The summed E-state index contributed by atoms with van der Waals surface area (Å²) >= 11 is 3.47. The standard InChI is InChI=1S/C14H14BrN3O/c1-10-11(3-2-4-12(10)15)14(19)18-8-7-17-6-5-16-13(17)9-18/h2-6H,7-9H2,1H3. The molecule has 2 aromatic rings. The van der Waals surface area contributed by atoms with Crippen LogP contribution in [0.5, 0.6) is 0 Å². The highest BCUT2D eigenvalue weighted by Gasteiger charge is 2.23. The minimum absolute atomic E-state index is 0.0769. The average Bonchev–Trinajstić information content (AvgIpc) is 2.88. The molecule has 1 aromatic carbocycles. The summed E-state index contributed by atoms with van der Waals surface area (Å²) in [4.78, 5) is 18.7. The van der Waals surface area contributed by atoms with Crippen LogP contribution in [0.2, 0.25) is 0 Å². The maximum absolute atomic E-state index is 12.6. The van der Waals surface area contributed by atoms with Gasteiger partial charge in [-0.1, -0.05) is 22.0 Å². The van der Waals surface area contributed by atoms with E-state index in [1.807, 2.05) is 36.2 Å². The van der Waals surface area contributed by atoms with Crippen molar-refractivity contribution < 1.29 is 4.79 Å². The molecular formula is C14H14BrN3O. The summed E-state index contributed by atoms with van der Waals surface area (Å²) < 4.78 is 3.06. The van der Waals surface area contributed by atoms with Gasteiger partial charge in [0.15, 0.2) is 0 Å². The molecule has 98 valence electrons. The molecule has 0 radical (unpaired) electrons. The third-order valence-corrected chi connectivity index (χ3v) is 4.39. The Morgan fingerprint density at radius 1 is 1.37 bits per heavy atom. The molecule has 1 aliphatic rings. The Hall–Kier alpha value is -1.62. The van der Waals surface area contributed by atoms with E-state index >= 15 is 0 Å². The van der Waals surface area contributed by atoms with E-state index in [0.29, 0.717) is 6.54 Å². The Morgan fingerprint density at radius 3 is 3.05 bits per heavy atom. The van der Waals surface area contributed by atoms with Crippen molar-refractivity contribution in [3.63, 3.8) is 0 Å². The molecule has 0 saturated heterocycles. The number of carbonyl (C=O) groups excluding carboxylic acids is 1. The first-order valence-corrected chi connectivity index (χ1v) is 7.00. The minimum Gasteiger partial charge on any atom is -0.332 e. The van der Waals surface area contributed by atoms with Gasteiger partial charge < -0.3 is 9.47 Å². The molecule has 0 unspecified atom stereocenters. The van der Waals surface area contributed by atoms with Gasteiger partial charge in [-0.3, -0.25) is 4.79 Å². The molecule has 1 aliphatic heterocycles. The number of hydrogen-bond donors (Lipinski definition) is 0. The predicted molar refractivity (Wildman–Crippen MR) is 75.8 cm³/mol. The summed E-state index contributed by atoms with van der Waals surface area (Å²) in [5.74, 6) is 1.03. The molecule has 5 heteroatoms. The third kappa shape index (κ3) is 2.18. The molecule has 0 N–H and O–H groups in total. The van der Waals surface area contributed by atoms with Gasteiger partial charge in [0, 0.05) is 35.5 Å². The van der Waals surface area contributed by atoms with Crippen LogP contribution < -0.4 is 0 Å². The van der Waals surface area contributed by atoms with Gasteiger partial charge in [-0.05, 0) is 24.6 Å². The topological polar surface area (TPSA) is 38.1 Å². The van der Waals surface area contributed by atoms with E-state index in [1.54, 1.807) is 6.20 Å². The Kier molecular flexibility index (Phi) is 3.14. The van der Waals surface area contributed by atoms with Crippen molar-refractivity contribution in [1.82, 2.24) is 14.5 Å². The van der Waals surface area contributed by atoms with Gasteiger partial charge in [-0.2, -0.15) is 0 Å². The second-order valence-electron chi connectivity index (χ2n) is 4.68. The first kappa shape index (κ1) is 12.4. The predicted octanol–water partition coefficient (Wildman–Crippen LogP) is 2.61. The van der Waals surface area contributed by atoms with Crippen LogP contribution in [0, 0.1) is 6.92 Å². The molecule has 0 fully saturated rings. The van der Waals surface area contributed by atoms with Crippen LogP contribution in [0.25, 0.3) is 0 Å². The van der Waals surface area contributed by atoms with Crippen molar-refractivity contribution in [1.29, 1.82) is 0 Å². The number of imidazole rings is 1. The molecule has 1 amide bonds. The molecular weight excluding hydrogens is 306 g/mol. The highest BCUT2D eigenvalue weighted by Crippen LogP contribution is 2.22. The van der Waals surface area contributed by atoms with Crippen molar-refractivity contribution in [2.24, 2.45) is 0 Å². The molecule has 0 spiro atoms. The van der Waals surface area contributed by atoms with Gasteiger partial charge >= 0.3 is 0 Å². The first-order valence-electron chi connectivity index (χ1n) is 6.21. The minimum atomic E-state index is 0.0769. The largest absolute Gasteiger partial charge is 0.332 e. The molecule has 3 rings (SSSR count). The quantitative estimate of drug-likeness (QED) is 0.810. The second-order valence-corrected chi connectivity index (χ2v) is 5.53. The molecule has 0 saturated carbocycles. The fourth-order valence-corrected chi connectivity index (χ4v) is 2.72. The van der Waals surface area contributed by atoms with Crippen molar-refractivity contribution in [2.75, 3.05) is 6.54 Å². The molecule has 0 bridgehead atoms. The summed E-state index contributed by atoms with van der Waals surface area (Å²) in [5, 5.41) is 0. The van der Waals surface area contributed by atoms with E-state index in [-0.39, 0.29) is 5.91 Å². The van der Waals surface area contributed by atoms with Crippen LogP contribution >= 0.6 is 15.9 Å². The normalized spacial score (nSPS) is 14.3. The summed E-state index contributed by atoms with van der Waals surface area (Å²) in [5.41, 5.74) is 1.75. The van der Waals surface area contributed by atoms with Crippen LogP contribution in [0.15, 0.2) is 35.1 Å². The van der Waals surface area contributed by atoms with Gasteiger partial charge in [0.2, 0.25) is 0 Å². The number of halogens is 1. The van der Waals surface area contributed by atoms with E-state index in [2.05, 4.69) is 25.5 Å². The molecule has 0 atom stereocenters. The van der Waals surface area contributed by atoms with E-state index in [1.165, 1.54) is 0 Å². The van der Waals surface area contributed by atoms with Gasteiger partial charge in [0.1, 0.15) is 5.82 Å². The summed E-state index contributed by atoms with van der Waals surface area (Å²) in [6, 6.07) is 5.73. The van der Waals surface area contributed by atoms with E-state index in [4.69, 9.17) is 0 Å². The molecule has 0 aliphatic carbocycles. The van der Waals surface area contributed by atoms with Crippen LogP contribution in [0.3, 0.4) is 0 Å². The monoisotopic (exact) mass is 319 g/mol. The van der Waals surface area contributed by atoms with Crippen molar-refractivity contribution in [3.8, 4) is 0 Å². The number of hydrogen-bond acceptors (Lipinski definition) is 2.